The fourth-order valence-electron chi connectivity index (χ4n) is 1.96. The molecule has 0 saturated carbocycles. The van der Waals surface area contributed by atoms with Gasteiger partial charge in [-0.1, -0.05) is 35.9 Å². The highest BCUT2D eigenvalue weighted by Crippen LogP contribution is 2.22. The standard InChI is InChI=1S/C13H14O3/c14-13(15)16-8-7-10-5-6-11-3-1-2-4-12(11)9-10/h1-5H,6-9H2,(H,14,15). The summed E-state index contributed by atoms with van der Waals surface area (Å²) in [5, 5.41) is 8.36. The third-order valence-electron chi connectivity index (χ3n) is 2.80. The summed E-state index contributed by atoms with van der Waals surface area (Å²) in [7, 11) is 0. The molecule has 0 saturated heterocycles. The van der Waals surface area contributed by atoms with Crippen molar-refractivity contribution in [3.8, 4) is 0 Å². The number of hydrogen-bond acceptors (Lipinski definition) is 2. The van der Waals surface area contributed by atoms with Gasteiger partial charge in [0.05, 0.1) is 6.61 Å². The first-order valence-corrected chi connectivity index (χ1v) is 5.36. The highest BCUT2D eigenvalue weighted by molar-refractivity contribution is 5.56. The Balaban J connectivity index is 1.91. The van der Waals surface area contributed by atoms with Gasteiger partial charge in [-0.15, -0.1) is 0 Å². The molecule has 0 fully saturated rings. The van der Waals surface area contributed by atoms with Crippen LogP contribution in [-0.4, -0.2) is 17.9 Å². The largest absolute Gasteiger partial charge is 0.505 e. The summed E-state index contributed by atoms with van der Waals surface area (Å²) < 4.78 is 4.51. The Kier molecular flexibility index (Phi) is 3.25. The molecule has 0 aromatic heterocycles. The Hall–Kier alpha value is -1.77. The van der Waals surface area contributed by atoms with Crippen LogP contribution < -0.4 is 0 Å². The van der Waals surface area contributed by atoms with Crippen molar-refractivity contribution in [1.82, 2.24) is 0 Å². The molecule has 0 bridgehead atoms. The van der Waals surface area contributed by atoms with Gasteiger partial charge in [0, 0.05) is 6.42 Å². The van der Waals surface area contributed by atoms with Crippen LogP contribution in [0.2, 0.25) is 0 Å². The molecule has 1 aromatic carbocycles. The third kappa shape index (κ3) is 2.63. The minimum absolute atomic E-state index is 0.253. The lowest BCUT2D eigenvalue weighted by Gasteiger charge is -2.16. The maximum absolute atomic E-state index is 10.2. The number of carbonyl (C=O) groups is 1. The molecule has 0 atom stereocenters. The number of benzene rings is 1. The van der Waals surface area contributed by atoms with Gasteiger partial charge in [0.2, 0.25) is 0 Å². The molecule has 0 amide bonds. The summed E-state index contributed by atoms with van der Waals surface area (Å²) in [5.74, 6) is 0. The number of hydrogen-bond donors (Lipinski definition) is 1. The van der Waals surface area contributed by atoms with Crippen molar-refractivity contribution < 1.29 is 14.6 Å². The molecule has 0 radical (unpaired) electrons. The minimum Gasteiger partial charge on any atom is -0.450 e. The summed E-state index contributed by atoms with van der Waals surface area (Å²) in [6, 6.07) is 8.34. The van der Waals surface area contributed by atoms with Crippen molar-refractivity contribution in [2.75, 3.05) is 6.61 Å². The molecule has 0 heterocycles. The smallest absolute Gasteiger partial charge is 0.450 e. The Morgan fingerprint density at radius 2 is 2.06 bits per heavy atom. The number of rotatable bonds is 3. The zero-order valence-corrected chi connectivity index (χ0v) is 8.98. The molecule has 84 valence electrons. The van der Waals surface area contributed by atoms with E-state index in [9.17, 15) is 4.79 Å². The number of ether oxygens (including phenoxy) is 1. The molecule has 0 aliphatic heterocycles. The minimum atomic E-state index is -1.20. The summed E-state index contributed by atoms with van der Waals surface area (Å²) in [6.45, 7) is 0.253. The Labute approximate surface area is 94.4 Å². The van der Waals surface area contributed by atoms with E-state index in [0.29, 0.717) is 6.42 Å². The van der Waals surface area contributed by atoms with Crippen molar-refractivity contribution in [2.24, 2.45) is 0 Å². The van der Waals surface area contributed by atoms with Crippen molar-refractivity contribution in [3.63, 3.8) is 0 Å². The molecule has 1 aliphatic rings. The Morgan fingerprint density at radius 1 is 1.31 bits per heavy atom. The predicted molar refractivity (Wildman–Crippen MR) is 60.5 cm³/mol. The maximum atomic E-state index is 10.2. The van der Waals surface area contributed by atoms with E-state index in [1.54, 1.807) is 0 Å². The van der Waals surface area contributed by atoms with Gasteiger partial charge < -0.3 is 9.84 Å². The molecule has 1 aliphatic carbocycles. The molecule has 2 rings (SSSR count). The zero-order valence-electron chi connectivity index (χ0n) is 8.98. The van der Waals surface area contributed by atoms with Crippen molar-refractivity contribution in [2.45, 2.75) is 19.3 Å². The maximum Gasteiger partial charge on any atom is 0.505 e. The van der Waals surface area contributed by atoms with Crippen LogP contribution >= 0.6 is 0 Å². The molecule has 0 spiro atoms. The topological polar surface area (TPSA) is 46.5 Å². The highest BCUT2D eigenvalue weighted by Gasteiger charge is 2.10. The summed E-state index contributed by atoms with van der Waals surface area (Å²) in [5.41, 5.74) is 3.97. The SMILES string of the molecule is O=C(O)OCCC1=CCc2ccccc2C1. The number of carboxylic acid groups (broad SMARTS) is 1. The fourth-order valence-corrected chi connectivity index (χ4v) is 1.96. The average Bonchev–Trinajstić information content (AvgIpc) is 2.28. The fraction of sp³-hybridized carbons (Fsp3) is 0.308. The van der Waals surface area contributed by atoms with Crippen molar-refractivity contribution >= 4 is 6.16 Å². The monoisotopic (exact) mass is 218 g/mol. The lowest BCUT2D eigenvalue weighted by molar-refractivity contribution is 0.0925. The van der Waals surface area contributed by atoms with E-state index >= 15 is 0 Å². The Bertz CT molecular complexity index is 421. The van der Waals surface area contributed by atoms with Gasteiger partial charge in [0.15, 0.2) is 0 Å². The van der Waals surface area contributed by atoms with Crippen molar-refractivity contribution in [1.29, 1.82) is 0 Å². The molecule has 1 N–H and O–H groups in total. The molecular weight excluding hydrogens is 204 g/mol. The van der Waals surface area contributed by atoms with Crippen LogP contribution in [-0.2, 0) is 17.6 Å². The van der Waals surface area contributed by atoms with Crippen LogP contribution in [0.3, 0.4) is 0 Å². The van der Waals surface area contributed by atoms with Crippen LogP contribution in [0.1, 0.15) is 17.5 Å². The second-order valence-electron chi connectivity index (χ2n) is 3.88. The first kappa shape index (κ1) is 10.7. The number of allylic oxidation sites excluding steroid dienone is 1. The zero-order chi connectivity index (χ0) is 11.4. The van der Waals surface area contributed by atoms with E-state index in [1.165, 1.54) is 16.7 Å². The quantitative estimate of drug-likeness (QED) is 0.626. The van der Waals surface area contributed by atoms with E-state index in [-0.39, 0.29) is 6.61 Å². The summed E-state index contributed by atoms with van der Waals surface area (Å²) in [4.78, 5) is 10.2. The van der Waals surface area contributed by atoms with E-state index in [1.807, 2.05) is 12.1 Å². The normalized spacial score (nSPS) is 13.9. The molecular formula is C13H14O3. The van der Waals surface area contributed by atoms with Gasteiger partial charge in [-0.3, -0.25) is 0 Å². The summed E-state index contributed by atoms with van der Waals surface area (Å²) >= 11 is 0. The van der Waals surface area contributed by atoms with Crippen molar-refractivity contribution in [3.05, 3.63) is 47.0 Å². The van der Waals surface area contributed by atoms with E-state index in [4.69, 9.17) is 5.11 Å². The second-order valence-corrected chi connectivity index (χ2v) is 3.88. The predicted octanol–water partition coefficient (Wildman–Crippen LogP) is 2.80. The number of fused-ring (bicyclic) bond motifs is 1. The average molecular weight is 218 g/mol. The van der Waals surface area contributed by atoms with Gasteiger partial charge in [-0.25, -0.2) is 4.79 Å². The lowest BCUT2D eigenvalue weighted by atomic mass is 9.90. The van der Waals surface area contributed by atoms with Gasteiger partial charge in [0.25, 0.3) is 0 Å². The van der Waals surface area contributed by atoms with Crippen LogP contribution in [0.5, 0.6) is 0 Å². The summed E-state index contributed by atoms with van der Waals surface area (Å²) in [6.07, 6.45) is 3.53. The molecule has 3 heteroatoms. The Morgan fingerprint density at radius 3 is 2.81 bits per heavy atom. The third-order valence-corrected chi connectivity index (χ3v) is 2.80. The van der Waals surface area contributed by atoms with Gasteiger partial charge >= 0.3 is 6.16 Å². The molecule has 1 aromatic rings. The van der Waals surface area contributed by atoms with Gasteiger partial charge in [0.1, 0.15) is 0 Å². The molecule has 3 nitrogen and oxygen atoms in total. The van der Waals surface area contributed by atoms with E-state index in [2.05, 4.69) is 22.9 Å². The van der Waals surface area contributed by atoms with Gasteiger partial charge in [-0.2, -0.15) is 0 Å². The molecule has 16 heavy (non-hydrogen) atoms. The highest BCUT2D eigenvalue weighted by atomic mass is 16.7. The molecule has 0 unspecified atom stereocenters. The van der Waals surface area contributed by atoms with Gasteiger partial charge in [-0.05, 0) is 24.0 Å². The first-order chi connectivity index (χ1) is 7.75. The van der Waals surface area contributed by atoms with E-state index < -0.39 is 6.16 Å². The van der Waals surface area contributed by atoms with Crippen LogP contribution in [0.15, 0.2) is 35.9 Å². The van der Waals surface area contributed by atoms with Crippen LogP contribution in [0.4, 0.5) is 4.79 Å². The second kappa shape index (κ2) is 4.84. The first-order valence-electron chi connectivity index (χ1n) is 5.36. The van der Waals surface area contributed by atoms with Crippen LogP contribution in [0.25, 0.3) is 0 Å². The lowest BCUT2D eigenvalue weighted by Crippen LogP contribution is -2.07. The van der Waals surface area contributed by atoms with E-state index in [0.717, 1.165) is 12.8 Å². The van der Waals surface area contributed by atoms with Crippen LogP contribution in [0, 0.1) is 0 Å².